The van der Waals surface area contributed by atoms with E-state index in [1.165, 1.54) is 7.11 Å². The van der Waals surface area contributed by atoms with Gasteiger partial charge < -0.3 is 14.9 Å². The molecule has 1 aromatic heterocycles. The van der Waals surface area contributed by atoms with Gasteiger partial charge in [0, 0.05) is 18.5 Å². The molecular weight excluding hydrogens is 394 g/mol. The van der Waals surface area contributed by atoms with Crippen LogP contribution < -0.4 is 5.32 Å². The van der Waals surface area contributed by atoms with E-state index in [0.29, 0.717) is 30.2 Å². The van der Waals surface area contributed by atoms with Crippen LogP contribution in [0, 0.1) is 12.8 Å². The lowest BCUT2D eigenvalue weighted by Crippen LogP contribution is -2.46. The molecule has 164 valence electrons. The van der Waals surface area contributed by atoms with Gasteiger partial charge in [-0.1, -0.05) is 55.4 Å². The molecule has 0 aliphatic carbocycles. The van der Waals surface area contributed by atoms with E-state index in [2.05, 4.69) is 29.3 Å². The number of rotatable bonds is 8. The van der Waals surface area contributed by atoms with Gasteiger partial charge in [0.15, 0.2) is 0 Å². The molecule has 0 spiro atoms. The monoisotopic (exact) mass is 423 g/mol. The second-order valence-electron chi connectivity index (χ2n) is 8.32. The first-order chi connectivity index (χ1) is 14.8. The molecule has 1 unspecified atom stereocenters. The van der Waals surface area contributed by atoms with E-state index in [-0.39, 0.29) is 18.4 Å². The highest BCUT2D eigenvalue weighted by Gasteiger charge is 2.49. The quantitative estimate of drug-likeness (QED) is 0.657. The Bertz CT molecular complexity index is 958. The summed E-state index contributed by atoms with van der Waals surface area (Å²) >= 11 is 0. The first-order valence-corrected chi connectivity index (χ1v) is 10.4. The van der Waals surface area contributed by atoms with Crippen molar-refractivity contribution < 1.29 is 19.2 Å². The average Bonchev–Trinajstić information content (AvgIpc) is 3.18. The zero-order valence-corrected chi connectivity index (χ0v) is 18.4. The Balaban J connectivity index is 1.81. The molecule has 1 aliphatic rings. The molecule has 2 aromatic rings. The van der Waals surface area contributed by atoms with Crippen molar-refractivity contribution >= 4 is 17.6 Å². The summed E-state index contributed by atoms with van der Waals surface area (Å²) in [6.45, 7) is 5.97. The topological polar surface area (TPSA) is 89.9 Å². The summed E-state index contributed by atoms with van der Waals surface area (Å²) in [7, 11) is 1.34. The number of aromatic nitrogens is 1. The molecule has 3 rings (SSSR count). The highest BCUT2D eigenvalue weighted by molar-refractivity contribution is 6.01. The SMILES string of the molecule is COC(=O)C1(Cc2ccccc2)CC([C@H](CC(C)C)NC(=O)c2cccc(C)n2)=NO1. The largest absolute Gasteiger partial charge is 0.466 e. The van der Waals surface area contributed by atoms with Crippen molar-refractivity contribution in [2.24, 2.45) is 11.1 Å². The van der Waals surface area contributed by atoms with Crippen LogP contribution in [0.5, 0.6) is 0 Å². The number of nitrogens with one attached hydrogen (secondary N) is 1. The predicted molar refractivity (Wildman–Crippen MR) is 118 cm³/mol. The van der Waals surface area contributed by atoms with Crippen LogP contribution in [0.3, 0.4) is 0 Å². The van der Waals surface area contributed by atoms with Crippen molar-refractivity contribution in [1.29, 1.82) is 0 Å². The van der Waals surface area contributed by atoms with Gasteiger partial charge >= 0.3 is 5.97 Å². The van der Waals surface area contributed by atoms with Crippen molar-refractivity contribution in [1.82, 2.24) is 10.3 Å². The fourth-order valence-corrected chi connectivity index (χ4v) is 3.73. The number of pyridine rings is 1. The first kappa shape index (κ1) is 22.5. The number of aryl methyl sites for hydroxylation is 1. The van der Waals surface area contributed by atoms with Gasteiger partial charge in [-0.3, -0.25) is 4.79 Å². The van der Waals surface area contributed by atoms with Crippen molar-refractivity contribution in [2.75, 3.05) is 7.11 Å². The van der Waals surface area contributed by atoms with Crippen LogP contribution in [-0.2, 0) is 20.8 Å². The van der Waals surface area contributed by atoms with E-state index in [1.807, 2.05) is 43.3 Å². The zero-order chi connectivity index (χ0) is 22.4. The molecule has 31 heavy (non-hydrogen) atoms. The summed E-state index contributed by atoms with van der Waals surface area (Å²) in [5, 5.41) is 7.28. The second kappa shape index (κ2) is 9.73. The third-order valence-corrected chi connectivity index (χ3v) is 5.23. The fraction of sp³-hybridized carbons (Fsp3) is 0.417. The molecule has 7 nitrogen and oxygen atoms in total. The molecule has 0 bridgehead atoms. The van der Waals surface area contributed by atoms with E-state index in [1.54, 1.807) is 12.1 Å². The lowest BCUT2D eigenvalue weighted by Gasteiger charge is -2.25. The van der Waals surface area contributed by atoms with Gasteiger partial charge in [-0.2, -0.15) is 0 Å². The molecule has 1 aliphatic heterocycles. The standard InChI is InChI=1S/C24H29N3O4/c1-16(2)13-20(26-22(28)19-12-8-9-17(3)25-19)21-15-24(31-27-21,23(29)30-4)14-18-10-6-5-7-11-18/h5-12,16,20H,13-15H2,1-4H3,(H,26,28)/t20-,24?/m0/s1. The third kappa shape index (κ3) is 5.48. The number of hydrogen-bond donors (Lipinski definition) is 1. The van der Waals surface area contributed by atoms with Gasteiger partial charge in [-0.15, -0.1) is 0 Å². The highest BCUT2D eigenvalue weighted by atomic mass is 16.7. The number of hydrogen-bond acceptors (Lipinski definition) is 6. The van der Waals surface area contributed by atoms with Crippen LogP contribution >= 0.6 is 0 Å². The molecule has 0 radical (unpaired) electrons. The molecule has 0 fully saturated rings. The smallest absolute Gasteiger partial charge is 0.353 e. The Hall–Kier alpha value is -3.22. The Morgan fingerprint density at radius 3 is 2.55 bits per heavy atom. The Morgan fingerprint density at radius 1 is 1.16 bits per heavy atom. The highest BCUT2D eigenvalue weighted by Crippen LogP contribution is 2.32. The minimum absolute atomic E-state index is 0.244. The molecule has 2 atom stereocenters. The number of ether oxygens (including phenoxy) is 1. The first-order valence-electron chi connectivity index (χ1n) is 10.4. The number of benzene rings is 1. The Kier molecular flexibility index (Phi) is 7.05. The molecule has 0 saturated carbocycles. The maximum Gasteiger partial charge on any atom is 0.353 e. The minimum Gasteiger partial charge on any atom is -0.466 e. The van der Waals surface area contributed by atoms with Crippen LogP contribution in [0.15, 0.2) is 53.7 Å². The van der Waals surface area contributed by atoms with E-state index >= 15 is 0 Å². The number of amides is 1. The van der Waals surface area contributed by atoms with Crippen LogP contribution in [0.25, 0.3) is 0 Å². The maximum absolute atomic E-state index is 12.8. The van der Waals surface area contributed by atoms with Crippen LogP contribution in [0.2, 0.25) is 0 Å². The van der Waals surface area contributed by atoms with E-state index in [4.69, 9.17) is 9.57 Å². The van der Waals surface area contributed by atoms with Gasteiger partial charge in [-0.25, -0.2) is 9.78 Å². The Morgan fingerprint density at radius 2 is 1.90 bits per heavy atom. The summed E-state index contributed by atoms with van der Waals surface area (Å²) in [5.41, 5.74) is 1.43. The molecule has 7 heteroatoms. The summed E-state index contributed by atoms with van der Waals surface area (Å²) in [6.07, 6.45) is 1.23. The number of esters is 1. The number of carbonyl (C=O) groups excluding carboxylic acids is 2. The lowest BCUT2D eigenvalue weighted by molar-refractivity contribution is -0.166. The summed E-state index contributed by atoms with van der Waals surface area (Å²) in [4.78, 5) is 35.5. The van der Waals surface area contributed by atoms with Crippen molar-refractivity contribution in [3.8, 4) is 0 Å². The summed E-state index contributed by atoms with van der Waals surface area (Å²) < 4.78 is 5.05. The van der Waals surface area contributed by atoms with Crippen LogP contribution in [0.4, 0.5) is 0 Å². The zero-order valence-electron chi connectivity index (χ0n) is 18.4. The molecule has 2 heterocycles. The predicted octanol–water partition coefficient (Wildman–Crippen LogP) is 3.47. The van der Waals surface area contributed by atoms with Gasteiger partial charge in [0.2, 0.25) is 5.60 Å². The maximum atomic E-state index is 12.8. The number of oxime groups is 1. The van der Waals surface area contributed by atoms with Gasteiger partial charge in [-0.05, 0) is 37.0 Å². The fourth-order valence-electron chi connectivity index (χ4n) is 3.73. The molecule has 1 N–H and O–H groups in total. The Labute approximate surface area is 182 Å². The normalized spacial score (nSPS) is 18.8. The van der Waals surface area contributed by atoms with Gasteiger partial charge in [0.1, 0.15) is 5.69 Å². The number of methoxy groups -OCH3 is 1. The molecule has 0 saturated heterocycles. The van der Waals surface area contributed by atoms with E-state index in [0.717, 1.165) is 11.3 Å². The van der Waals surface area contributed by atoms with Crippen molar-refractivity contribution in [2.45, 2.75) is 51.7 Å². The average molecular weight is 424 g/mol. The lowest BCUT2D eigenvalue weighted by atomic mass is 9.86. The summed E-state index contributed by atoms with van der Waals surface area (Å²) in [6, 6.07) is 14.5. The third-order valence-electron chi connectivity index (χ3n) is 5.23. The number of carbonyl (C=O) groups is 2. The van der Waals surface area contributed by atoms with Crippen LogP contribution in [-0.4, -0.2) is 41.3 Å². The molecular formula is C24H29N3O4. The van der Waals surface area contributed by atoms with Crippen molar-refractivity contribution in [3.05, 3.63) is 65.5 Å². The van der Waals surface area contributed by atoms with Crippen LogP contribution in [0.1, 0.15) is 48.4 Å². The van der Waals surface area contributed by atoms with E-state index < -0.39 is 11.6 Å². The molecule has 1 aromatic carbocycles. The number of nitrogens with zero attached hydrogens (tertiary/aromatic N) is 2. The van der Waals surface area contributed by atoms with Crippen molar-refractivity contribution in [3.63, 3.8) is 0 Å². The van der Waals surface area contributed by atoms with Gasteiger partial charge in [0.25, 0.3) is 5.91 Å². The second-order valence-corrected chi connectivity index (χ2v) is 8.32. The van der Waals surface area contributed by atoms with E-state index in [9.17, 15) is 9.59 Å². The minimum atomic E-state index is -1.24. The van der Waals surface area contributed by atoms with Gasteiger partial charge in [0.05, 0.1) is 18.9 Å². The molecule has 1 amide bonds. The summed E-state index contributed by atoms with van der Waals surface area (Å²) in [5.74, 6) is -0.471.